The van der Waals surface area contributed by atoms with Crippen molar-refractivity contribution < 1.29 is 18.0 Å². The van der Waals surface area contributed by atoms with Crippen LogP contribution in [0.3, 0.4) is 0 Å². The van der Waals surface area contributed by atoms with Crippen LogP contribution in [0.25, 0.3) is 5.95 Å². The summed E-state index contributed by atoms with van der Waals surface area (Å²) >= 11 is 0. The van der Waals surface area contributed by atoms with Gasteiger partial charge in [-0.25, -0.2) is 4.98 Å². The first-order valence-corrected chi connectivity index (χ1v) is 9.68. The molecule has 0 saturated heterocycles. The third-order valence-corrected chi connectivity index (χ3v) is 5.52. The molecule has 0 saturated carbocycles. The molecule has 1 aliphatic carbocycles. The molecule has 2 N–H and O–H groups in total. The Hall–Kier alpha value is -3.24. The number of carbonyl (C=O) groups is 1. The van der Waals surface area contributed by atoms with E-state index in [2.05, 4.69) is 53.2 Å². The van der Waals surface area contributed by atoms with Gasteiger partial charge >= 0.3 is 6.18 Å². The topological polar surface area (TPSA) is 101 Å². The third-order valence-electron chi connectivity index (χ3n) is 5.52. The molecule has 164 valence electrons. The van der Waals surface area contributed by atoms with Gasteiger partial charge in [-0.1, -0.05) is 33.8 Å². The van der Waals surface area contributed by atoms with Gasteiger partial charge in [-0.15, -0.1) is 10.2 Å². The number of carbonyl (C=O) groups excluding carboxylic acids is 1. The van der Waals surface area contributed by atoms with Gasteiger partial charge in [0.15, 0.2) is 0 Å². The Bertz CT molecular complexity index is 1170. The van der Waals surface area contributed by atoms with E-state index < -0.39 is 17.9 Å². The maximum atomic E-state index is 12.7. The fraction of sp³-hybridized carbons (Fsp3) is 0.450. The maximum Gasteiger partial charge on any atom is 0.451 e. The molecule has 4 rings (SSSR count). The minimum absolute atomic E-state index is 0.0300. The number of benzene rings is 1. The van der Waals surface area contributed by atoms with E-state index in [0.29, 0.717) is 5.69 Å². The van der Waals surface area contributed by atoms with E-state index in [4.69, 9.17) is 0 Å². The van der Waals surface area contributed by atoms with Crippen LogP contribution in [0, 0.1) is 6.92 Å². The largest absolute Gasteiger partial charge is 0.451 e. The van der Waals surface area contributed by atoms with Crippen molar-refractivity contribution in [2.24, 2.45) is 0 Å². The fourth-order valence-corrected chi connectivity index (χ4v) is 4.40. The Morgan fingerprint density at radius 3 is 2.45 bits per heavy atom. The maximum absolute atomic E-state index is 12.7. The number of hydrogen-bond donors (Lipinski definition) is 2. The lowest BCUT2D eigenvalue weighted by molar-refractivity contribution is -0.144. The summed E-state index contributed by atoms with van der Waals surface area (Å²) in [5, 5.41) is 12.1. The molecule has 3 aromatic rings. The summed E-state index contributed by atoms with van der Waals surface area (Å²) in [6.07, 6.45) is -3.68. The highest BCUT2D eigenvalue weighted by Crippen LogP contribution is 2.49. The van der Waals surface area contributed by atoms with Crippen LogP contribution in [-0.2, 0) is 17.0 Å². The summed E-state index contributed by atoms with van der Waals surface area (Å²) in [5.41, 5.74) is 3.03. The second kappa shape index (κ2) is 6.63. The standard InChI is InChI=1S/C20H22F3N7O/c1-10-24-14(29-30(10)17-26-16(27-28-17)20(21,22)23)15(31)25-11-6-7-12-13(8-11)19(4,5)9-18(12,2)3/h6-8H,9H2,1-5H3,(H,25,31)(H,26,27,28). The Kier molecular flexibility index (Phi) is 4.49. The lowest BCUT2D eigenvalue weighted by Gasteiger charge is -2.22. The van der Waals surface area contributed by atoms with E-state index in [1.54, 1.807) is 0 Å². The molecule has 0 fully saturated rings. The molecular weight excluding hydrogens is 411 g/mol. The molecular formula is C20H22F3N7O. The monoisotopic (exact) mass is 433 g/mol. The van der Waals surface area contributed by atoms with E-state index in [0.717, 1.165) is 11.1 Å². The summed E-state index contributed by atoms with van der Waals surface area (Å²) < 4.78 is 39.2. The molecule has 0 aliphatic heterocycles. The molecule has 31 heavy (non-hydrogen) atoms. The van der Waals surface area contributed by atoms with Crippen molar-refractivity contribution >= 4 is 11.6 Å². The summed E-state index contributed by atoms with van der Waals surface area (Å²) in [6.45, 7) is 10.2. The highest BCUT2D eigenvalue weighted by Gasteiger charge is 2.41. The van der Waals surface area contributed by atoms with Crippen molar-refractivity contribution in [1.82, 2.24) is 29.9 Å². The quantitative estimate of drug-likeness (QED) is 0.652. The van der Waals surface area contributed by atoms with Crippen LogP contribution in [-0.4, -0.2) is 35.9 Å². The van der Waals surface area contributed by atoms with Gasteiger partial charge in [0, 0.05) is 5.69 Å². The molecule has 2 heterocycles. The fourth-order valence-electron chi connectivity index (χ4n) is 4.40. The van der Waals surface area contributed by atoms with Crippen LogP contribution in [0.2, 0.25) is 0 Å². The van der Waals surface area contributed by atoms with Crippen molar-refractivity contribution in [1.29, 1.82) is 0 Å². The molecule has 0 radical (unpaired) electrons. The second-order valence-corrected chi connectivity index (χ2v) is 9.04. The molecule has 0 spiro atoms. The number of halogens is 3. The lowest BCUT2D eigenvalue weighted by atomic mass is 9.82. The first-order chi connectivity index (χ1) is 14.3. The van der Waals surface area contributed by atoms with Crippen LogP contribution in [0.1, 0.15) is 67.5 Å². The normalized spacial score (nSPS) is 16.9. The zero-order chi connectivity index (χ0) is 22.8. The third kappa shape index (κ3) is 3.68. The van der Waals surface area contributed by atoms with Crippen molar-refractivity contribution in [3.8, 4) is 5.95 Å². The minimum atomic E-state index is -4.67. The van der Waals surface area contributed by atoms with Crippen LogP contribution < -0.4 is 5.32 Å². The first-order valence-electron chi connectivity index (χ1n) is 9.68. The van der Waals surface area contributed by atoms with Gasteiger partial charge in [0.1, 0.15) is 5.82 Å². The van der Waals surface area contributed by atoms with E-state index >= 15 is 0 Å². The zero-order valence-corrected chi connectivity index (χ0v) is 17.7. The zero-order valence-electron chi connectivity index (χ0n) is 17.7. The molecule has 1 amide bonds. The number of nitrogens with zero attached hydrogens (tertiary/aromatic N) is 5. The van der Waals surface area contributed by atoms with Gasteiger partial charge < -0.3 is 5.32 Å². The van der Waals surface area contributed by atoms with E-state index in [9.17, 15) is 18.0 Å². The van der Waals surface area contributed by atoms with E-state index in [1.807, 2.05) is 23.3 Å². The Morgan fingerprint density at radius 2 is 1.81 bits per heavy atom. The lowest BCUT2D eigenvalue weighted by Crippen LogP contribution is -2.18. The number of nitrogens with one attached hydrogen (secondary N) is 2. The van der Waals surface area contributed by atoms with Crippen LogP contribution in [0.15, 0.2) is 18.2 Å². The second-order valence-electron chi connectivity index (χ2n) is 9.04. The smallest absolute Gasteiger partial charge is 0.319 e. The SMILES string of the molecule is Cc1nc(C(=O)Nc2ccc3c(c2)C(C)(C)CC3(C)C)nn1-c1n[nH]c(C(F)(F)F)n1. The number of aryl methyl sites for hydroxylation is 1. The molecule has 1 aromatic carbocycles. The Balaban J connectivity index is 1.58. The van der Waals surface area contributed by atoms with Crippen LogP contribution in [0.5, 0.6) is 0 Å². The number of rotatable bonds is 3. The van der Waals surface area contributed by atoms with Crippen molar-refractivity contribution in [2.75, 3.05) is 5.32 Å². The van der Waals surface area contributed by atoms with Gasteiger partial charge in [0.25, 0.3) is 11.9 Å². The summed E-state index contributed by atoms with van der Waals surface area (Å²) in [6, 6.07) is 5.80. The molecule has 2 aromatic heterocycles. The number of anilines is 1. The van der Waals surface area contributed by atoms with Gasteiger partial charge in [0.2, 0.25) is 11.6 Å². The molecule has 11 heteroatoms. The number of hydrogen-bond acceptors (Lipinski definition) is 5. The van der Waals surface area contributed by atoms with Crippen molar-refractivity contribution in [3.63, 3.8) is 0 Å². The Morgan fingerprint density at radius 1 is 1.13 bits per heavy atom. The summed E-state index contributed by atoms with van der Waals surface area (Å²) in [5.74, 6) is -2.21. The highest BCUT2D eigenvalue weighted by atomic mass is 19.4. The predicted molar refractivity (Wildman–Crippen MR) is 106 cm³/mol. The predicted octanol–water partition coefficient (Wildman–Crippen LogP) is 3.92. The Labute approximate surface area is 176 Å². The van der Waals surface area contributed by atoms with Gasteiger partial charge in [-0.2, -0.15) is 22.8 Å². The van der Waals surface area contributed by atoms with Gasteiger partial charge in [-0.05, 0) is 47.4 Å². The van der Waals surface area contributed by atoms with Crippen LogP contribution in [0.4, 0.5) is 18.9 Å². The molecule has 0 bridgehead atoms. The number of amides is 1. The average Bonchev–Trinajstić information content (AvgIpc) is 3.30. The number of aromatic amines is 1. The van der Waals surface area contributed by atoms with Gasteiger partial charge in [0.05, 0.1) is 0 Å². The minimum Gasteiger partial charge on any atom is -0.319 e. The number of H-pyrrole nitrogens is 1. The number of alkyl halides is 3. The van der Waals surface area contributed by atoms with E-state index in [-0.39, 0.29) is 28.4 Å². The van der Waals surface area contributed by atoms with Crippen LogP contribution >= 0.6 is 0 Å². The molecule has 0 unspecified atom stereocenters. The number of aromatic nitrogens is 6. The summed E-state index contributed by atoms with van der Waals surface area (Å²) in [7, 11) is 0. The average molecular weight is 433 g/mol. The first kappa shape index (κ1) is 21.0. The van der Waals surface area contributed by atoms with Crippen molar-refractivity contribution in [2.45, 2.75) is 58.0 Å². The van der Waals surface area contributed by atoms with Gasteiger partial charge in [-0.3, -0.25) is 9.89 Å². The molecule has 1 aliphatic rings. The van der Waals surface area contributed by atoms with E-state index in [1.165, 1.54) is 18.1 Å². The summed E-state index contributed by atoms with van der Waals surface area (Å²) in [4.78, 5) is 20.1. The number of fused-ring (bicyclic) bond motifs is 1. The molecule has 0 atom stereocenters. The molecule has 8 nitrogen and oxygen atoms in total. The van der Waals surface area contributed by atoms with Crippen molar-refractivity contribution in [3.05, 3.63) is 46.8 Å². The highest BCUT2D eigenvalue weighted by molar-refractivity contribution is 6.01.